The van der Waals surface area contributed by atoms with E-state index in [1.54, 1.807) is 23.9 Å². The first-order valence-corrected chi connectivity index (χ1v) is 8.92. The van der Waals surface area contributed by atoms with Gasteiger partial charge < -0.3 is 0 Å². The maximum atomic E-state index is 12.7. The predicted molar refractivity (Wildman–Crippen MR) is 88.2 cm³/mol. The van der Waals surface area contributed by atoms with Gasteiger partial charge in [0.05, 0.1) is 16.6 Å². The van der Waals surface area contributed by atoms with Crippen molar-refractivity contribution < 1.29 is 13.2 Å². The highest BCUT2D eigenvalue weighted by Crippen LogP contribution is 2.41. The first-order valence-electron chi connectivity index (χ1n) is 7.32. The Kier molecular flexibility index (Phi) is 6.21. The summed E-state index contributed by atoms with van der Waals surface area (Å²) < 4.78 is 38.0. The normalized spacial score (nSPS) is 23.6. The molecule has 0 N–H and O–H groups in total. The van der Waals surface area contributed by atoms with Crippen LogP contribution in [0, 0.1) is 11.8 Å². The molecule has 0 heterocycles. The van der Waals surface area contributed by atoms with Crippen LogP contribution in [-0.2, 0) is 0 Å². The fraction of sp³-hybridized carbons (Fsp3) is 0.562. The van der Waals surface area contributed by atoms with Crippen molar-refractivity contribution in [3.8, 4) is 0 Å². The lowest BCUT2D eigenvalue weighted by atomic mass is 9.80. The van der Waals surface area contributed by atoms with E-state index < -0.39 is 12.1 Å². The average molecular weight is 350 g/mol. The number of halogens is 4. The van der Waals surface area contributed by atoms with Crippen LogP contribution in [0.4, 0.5) is 18.9 Å². The van der Waals surface area contributed by atoms with Gasteiger partial charge in [-0.25, -0.2) is 4.99 Å². The van der Waals surface area contributed by atoms with Gasteiger partial charge in [-0.2, -0.15) is 13.2 Å². The zero-order valence-corrected chi connectivity index (χ0v) is 13.9. The second-order valence-electron chi connectivity index (χ2n) is 5.65. The number of benzene rings is 1. The number of hydrogen-bond donors (Lipinski definition) is 0. The van der Waals surface area contributed by atoms with Crippen LogP contribution in [0.25, 0.3) is 0 Å². The standard InChI is InChI=1S/C16H19ClF3NS/c1-22-15(21-14-4-2-3-13(17)10-14)9-11-5-7-12(8-6-11)16(18,19)20/h2-4,10-12H,5-9H2,1H3. The Balaban J connectivity index is 1.94. The van der Waals surface area contributed by atoms with Gasteiger partial charge in [-0.05, 0) is 62.5 Å². The summed E-state index contributed by atoms with van der Waals surface area (Å²) in [6, 6.07) is 7.30. The van der Waals surface area contributed by atoms with E-state index in [1.807, 2.05) is 18.4 Å². The van der Waals surface area contributed by atoms with Crippen molar-refractivity contribution in [3.05, 3.63) is 29.3 Å². The Hall–Kier alpha value is -0.680. The van der Waals surface area contributed by atoms with Crippen molar-refractivity contribution in [2.24, 2.45) is 16.8 Å². The summed E-state index contributed by atoms with van der Waals surface area (Å²) in [5.41, 5.74) is 0.792. The van der Waals surface area contributed by atoms with E-state index in [4.69, 9.17) is 11.6 Å². The molecule has 1 aliphatic rings. The smallest absolute Gasteiger partial charge is 0.247 e. The summed E-state index contributed by atoms with van der Waals surface area (Å²) in [6.07, 6.45) is 0.393. The second kappa shape index (κ2) is 7.73. The second-order valence-corrected chi connectivity index (χ2v) is 6.97. The summed E-state index contributed by atoms with van der Waals surface area (Å²) in [5, 5.41) is 1.59. The molecule has 1 aromatic carbocycles. The van der Waals surface area contributed by atoms with Gasteiger partial charge in [0.1, 0.15) is 0 Å². The van der Waals surface area contributed by atoms with Gasteiger partial charge in [-0.1, -0.05) is 17.7 Å². The highest BCUT2D eigenvalue weighted by molar-refractivity contribution is 8.13. The van der Waals surface area contributed by atoms with E-state index in [2.05, 4.69) is 4.99 Å². The van der Waals surface area contributed by atoms with Crippen molar-refractivity contribution in [3.63, 3.8) is 0 Å². The summed E-state index contributed by atoms with van der Waals surface area (Å²) in [6.45, 7) is 0. The first-order chi connectivity index (χ1) is 10.4. The highest BCUT2D eigenvalue weighted by Gasteiger charge is 2.41. The molecule has 1 fully saturated rings. The third-order valence-electron chi connectivity index (χ3n) is 4.07. The van der Waals surface area contributed by atoms with Gasteiger partial charge in [0.25, 0.3) is 0 Å². The minimum atomic E-state index is -4.04. The fourth-order valence-corrected chi connectivity index (χ4v) is 3.59. The van der Waals surface area contributed by atoms with Crippen LogP contribution < -0.4 is 0 Å². The van der Waals surface area contributed by atoms with Crippen molar-refractivity contribution in [1.82, 2.24) is 0 Å². The van der Waals surface area contributed by atoms with E-state index in [0.717, 1.165) is 17.2 Å². The van der Waals surface area contributed by atoms with Gasteiger partial charge in [0, 0.05) is 5.02 Å². The van der Waals surface area contributed by atoms with Gasteiger partial charge in [-0.15, -0.1) is 11.8 Å². The molecule has 0 bridgehead atoms. The molecule has 122 valence electrons. The maximum absolute atomic E-state index is 12.7. The molecule has 0 spiro atoms. The fourth-order valence-electron chi connectivity index (χ4n) is 2.81. The summed E-state index contributed by atoms with van der Waals surface area (Å²) >= 11 is 7.49. The molecule has 1 aromatic rings. The van der Waals surface area contributed by atoms with Crippen LogP contribution in [0.1, 0.15) is 32.1 Å². The molecule has 2 rings (SSSR count). The van der Waals surface area contributed by atoms with Gasteiger partial charge in [-0.3, -0.25) is 0 Å². The van der Waals surface area contributed by atoms with Crippen LogP contribution in [0.5, 0.6) is 0 Å². The molecular formula is C16H19ClF3NS. The van der Waals surface area contributed by atoms with Gasteiger partial charge >= 0.3 is 6.18 Å². The van der Waals surface area contributed by atoms with Gasteiger partial charge in [0.15, 0.2) is 0 Å². The van der Waals surface area contributed by atoms with Crippen molar-refractivity contribution >= 4 is 34.1 Å². The molecule has 0 aromatic heterocycles. The molecule has 1 saturated carbocycles. The predicted octanol–water partition coefficient (Wildman–Crippen LogP) is 6.49. The maximum Gasteiger partial charge on any atom is 0.391 e. The molecule has 22 heavy (non-hydrogen) atoms. The third kappa shape index (κ3) is 5.20. The van der Waals surface area contributed by atoms with Crippen molar-refractivity contribution in [1.29, 1.82) is 0 Å². The Morgan fingerprint density at radius 2 is 1.95 bits per heavy atom. The third-order valence-corrected chi connectivity index (χ3v) is 5.03. The number of rotatable bonds is 3. The monoisotopic (exact) mass is 349 g/mol. The minimum absolute atomic E-state index is 0.243. The zero-order valence-electron chi connectivity index (χ0n) is 12.4. The molecule has 6 heteroatoms. The Morgan fingerprint density at radius 1 is 1.27 bits per heavy atom. The van der Waals surface area contributed by atoms with Crippen LogP contribution in [0.15, 0.2) is 29.3 Å². The van der Waals surface area contributed by atoms with Crippen LogP contribution in [-0.4, -0.2) is 17.5 Å². The Bertz CT molecular complexity index is 522. The number of thioether (sulfide) groups is 1. The summed E-state index contributed by atoms with van der Waals surface area (Å²) in [4.78, 5) is 4.57. The number of hydrogen-bond acceptors (Lipinski definition) is 2. The lowest BCUT2D eigenvalue weighted by molar-refractivity contribution is -0.183. The lowest BCUT2D eigenvalue weighted by Crippen LogP contribution is -2.28. The molecule has 0 aliphatic heterocycles. The topological polar surface area (TPSA) is 12.4 Å². The Labute approximate surface area is 138 Å². The molecule has 0 atom stereocenters. The molecule has 1 aliphatic carbocycles. The van der Waals surface area contributed by atoms with Gasteiger partial charge in [0.2, 0.25) is 0 Å². The van der Waals surface area contributed by atoms with Crippen LogP contribution >= 0.6 is 23.4 Å². The molecule has 0 unspecified atom stereocenters. The molecule has 0 amide bonds. The minimum Gasteiger partial charge on any atom is -0.247 e. The van der Waals surface area contributed by atoms with E-state index in [0.29, 0.717) is 23.8 Å². The lowest BCUT2D eigenvalue weighted by Gasteiger charge is -2.29. The van der Waals surface area contributed by atoms with E-state index >= 15 is 0 Å². The quantitative estimate of drug-likeness (QED) is 0.448. The van der Waals surface area contributed by atoms with Crippen LogP contribution in [0.3, 0.4) is 0 Å². The van der Waals surface area contributed by atoms with Crippen LogP contribution in [0.2, 0.25) is 5.02 Å². The van der Waals surface area contributed by atoms with E-state index in [-0.39, 0.29) is 12.8 Å². The van der Waals surface area contributed by atoms with Crippen molar-refractivity contribution in [2.45, 2.75) is 38.3 Å². The van der Waals surface area contributed by atoms with E-state index in [9.17, 15) is 13.2 Å². The molecule has 0 saturated heterocycles. The molecule has 1 nitrogen and oxygen atoms in total. The highest BCUT2D eigenvalue weighted by atomic mass is 35.5. The number of nitrogens with zero attached hydrogens (tertiary/aromatic N) is 1. The largest absolute Gasteiger partial charge is 0.391 e. The average Bonchev–Trinajstić information content (AvgIpc) is 2.46. The Morgan fingerprint density at radius 3 is 2.50 bits per heavy atom. The zero-order chi connectivity index (χ0) is 16.2. The number of alkyl halides is 3. The first kappa shape index (κ1) is 17.7. The SMILES string of the molecule is CSC(CC1CCC(C(F)(F)F)CC1)=Nc1cccc(Cl)c1. The van der Waals surface area contributed by atoms with E-state index in [1.165, 1.54) is 0 Å². The van der Waals surface area contributed by atoms with Crippen molar-refractivity contribution in [2.75, 3.05) is 6.26 Å². The number of aliphatic imine (C=N–C) groups is 1. The summed E-state index contributed by atoms with van der Waals surface area (Å²) in [5.74, 6) is -0.824. The molecule has 0 radical (unpaired) electrons. The molecular weight excluding hydrogens is 331 g/mol. The summed E-state index contributed by atoms with van der Waals surface area (Å²) in [7, 11) is 0.